The molecule has 1 heterocycles. The van der Waals surface area contributed by atoms with Crippen molar-refractivity contribution in [2.45, 2.75) is 45.7 Å². The maximum absolute atomic E-state index is 14.5. The van der Waals surface area contributed by atoms with E-state index in [1.54, 1.807) is 0 Å². The van der Waals surface area contributed by atoms with E-state index >= 15 is 0 Å². The minimum absolute atomic E-state index is 0.112. The quantitative estimate of drug-likeness (QED) is 0.624. The number of rotatable bonds is 7. The smallest absolute Gasteiger partial charge is 0.283 e. The maximum Gasteiger partial charge on any atom is 0.283 e. The van der Waals surface area contributed by atoms with Crippen LogP contribution >= 0.6 is 0 Å². The van der Waals surface area contributed by atoms with Crippen molar-refractivity contribution in [1.29, 1.82) is 0 Å². The van der Waals surface area contributed by atoms with Crippen molar-refractivity contribution in [3.05, 3.63) is 65.3 Å². The fourth-order valence-corrected chi connectivity index (χ4v) is 3.36. The summed E-state index contributed by atoms with van der Waals surface area (Å²) in [6.07, 6.45) is -1.54. The number of alkyl halides is 2. The highest BCUT2D eigenvalue weighted by atomic mass is 19.3. The van der Waals surface area contributed by atoms with Gasteiger partial charge in [-0.25, -0.2) is 13.5 Å². The van der Waals surface area contributed by atoms with E-state index in [0.717, 1.165) is 40.7 Å². The molecule has 0 aliphatic heterocycles. The molecule has 1 amide bonds. The molecule has 2 aromatic rings. The van der Waals surface area contributed by atoms with E-state index in [4.69, 9.17) is 0 Å². The number of aryl methyl sites for hydroxylation is 1. The van der Waals surface area contributed by atoms with Crippen LogP contribution in [0.3, 0.4) is 0 Å². The van der Waals surface area contributed by atoms with E-state index in [1.807, 2.05) is 32.0 Å². The first-order valence-corrected chi connectivity index (χ1v) is 9.38. The lowest BCUT2D eigenvalue weighted by atomic mass is 9.96. The third-order valence-corrected chi connectivity index (χ3v) is 5.07. The maximum atomic E-state index is 14.5. The second-order valence-corrected chi connectivity index (χ2v) is 7.57. The lowest BCUT2D eigenvalue weighted by Gasteiger charge is -2.24. The first-order chi connectivity index (χ1) is 13.6. The van der Waals surface area contributed by atoms with Crippen molar-refractivity contribution in [1.82, 2.24) is 14.7 Å². The zero-order chi connectivity index (χ0) is 21.5. The Morgan fingerprint density at radius 1 is 1.28 bits per heavy atom. The monoisotopic (exact) mass is 403 g/mol. The molecule has 1 saturated carbocycles. The van der Waals surface area contributed by atoms with Gasteiger partial charge in [0.2, 0.25) is 5.95 Å². The Morgan fingerprint density at radius 3 is 2.45 bits per heavy atom. The summed E-state index contributed by atoms with van der Waals surface area (Å²) in [6, 6.07) is 5.64. The van der Waals surface area contributed by atoms with Crippen molar-refractivity contribution in [2.24, 2.45) is 7.05 Å². The molecule has 154 valence electrons. The van der Waals surface area contributed by atoms with Crippen LogP contribution in [0.15, 0.2) is 31.4 Å². The lowest BCUT2D eigenvalue weighted by molar-refractivity contribution is 0.0712. The number of carbonyl (C=O) groups excluding carboxylic acids is 1. The Bertz CT molecular complexity index is 989. The standard InChI is InChI=1S/C22H24F3N3O/c1-12(2)14-6-9-17(13(3)4)15(10-14)11-28(16-7-8-16)22(29)18-19(20(23)24)26-27(5)21(18)25/h6,9-10,16,20H,1,3,7-8,11H2,2,4-5H3. The van der Waals surface area contributed by atoms with Crippen LogP contribution in [0.25, 0.3) is 11.1 Å². The number of hydrogen-bond donors (Lipinski definition) is 0. The summed E-state index contributed by atoms with van der Waals surface area (Å²) in [5.41, 5.74) is 2.81. The average molecular weight is 403 g/mol. The van der Waals surface area contributed by atoms with E-state index in [-0.39, 0.29) is 12.6 Å². The second kappa shape index (κ2) is 7.89. The van der Waals surface area contributed by atoms with E-state index in [1.165, 1.54) is 11.9 Å². The molecule has 0 saturated heterocycles. The molecule has 0 atom stereocenters. The van der Waals surface area contributed by atoms with Gasteiger partial charge in [-0.1, -0.05) is 36.4 Å². The number of benzene rings is 1. The SMILES string of the molecule is C=C(C)c1ccc(C(=C)C)c(CN(C(=O)c2c(C(F)F)nn(C)c2F)C2CC2)c1. The molecule has 3 rings (SSSR count). The molecule has 0 unspecified atom stereocenters. The molecule has 4 nitrogen and oxygen atoms in total. The fourth-order valence-electron chi connectivity index (χ4n) is 3.36. The summed E-state index contributed by atoms with van der Waals surface area (Å²) in [7, 11) is 1.20. The molecule has 0 N–H and O–H groups in total. The summed E-state index contributed by atoms with van der Waals surface area (Å²) in [5.74, 6) is -1.81. The van der Waals surface area contributed by atoms with Gasteiger partial charge in [0.1, 0.15) is 11.3 Å². The van der Waals surface area contributed by atoms with Gasteiger partial charge in [-0.05, 0) is 49.4 Å². The number of amides is 1. The van der Waals surface area contributed by atoms with Crippen molar-refractivity contribution in [2.75, 3.05) is 0 Å². The molecule has 0 spiro atoms. The number of carbonyl (C=O) groups is 1. The molecule has 7 heteroatoms. The van der Waals surface area contributed by atoms with Crippen LogP contribution in [0.4, 0.5) is 13.2 Å². The Balaban J connectivity index is 2.03. The highest BCUT2D eigenvalue weighted by molar-refractivity contribution is 5.96. The molecule has 1 aromatic heterocycles. The summed E-state index contributed by atoms with van der Waals surface area (Å²) < 4.78 is 41.9. The van der Waals surface area contributed by atoms with Crippen LogP contribution in [0.2, 0.25) is 0 Å². The molecule has 1 fully saturated rings. The fraction of sp³-hybridized carbons (Fsp3) is 0.364. The van der Waals surface area contributed by atoms with Gasteiger partial charge in [-0.3, -0.25) is 4.79 Å². The highest BCUT2D eigenvalue weighted by Crippen LogP contribution is 2.34. The van der Waals surface area contributed by atoms with Crippen LogP contribution in [-0.4, -0.2) is 26.6 Å². The van der Waals surface area contributed by atoms with Crippen molar-refractivity contribution >= 4 is 17.1 Å². The van der Waals surface area contributed by atoms with Crippen LogP contribution in [0, 0.1) is 5.95 Å². The summed E-state index contributed by atoms with van der Waals surface area (Å²) >= 11 is 0. The predicted octanol–water partition coefficient (Wildman–Crippen LogP) is 5.37. The molecule has 1 aliphatic carbocycles. The topological polar surface area (TPSA) is 38.1 Å². The summed E-state index contributed by atoms with van der Waals surface area (Å²) in [6.45, 7) is 11.8. The number of allylic oxidation sites excluding steroid dienone is 2. The van der Waals surface area contributed by atoms with Gasteiger partial charge in [-0.15, -0.1) is 0 Å². The Kier molecular flexibility index (Phi) is 5.68. The molecule has 1 aliphatic rings. The minimum atomic E-state index is -3.04. The molecular weight excluding hydrogens is 379 g/mol. The summed E-state index contributed by atoms with van der Waals surface area (Å²) in [5, 5.41) is 3.50. The van der Waals surface area contributed by atoms with Crippen LogP contribution in [0.5, 0.6) is 0 Å². The number of aromatic nitrogens is 2. The Morgan fingerprint density at radius 2 is 1.93 bits per heavy atom. The first kappa shape index (κ1) is 20.9. The van der Waals surface area contributed by atoms with Gasteiger partial charge < -0.3 is 4.90 Å². The van der Waals surface area contributed by atoms with Crippen LogP contribution in [0.1, 0.15) is 65.9 Å². The largest absolute Gasteiger partial charge is 0.331 e. The molecular formula is C22H24F3N3O. The molecule has 0 radical (unpaired) electrons. The van der Waals surface area contributed by atoms with E-state index in [2.05, 4.69) is 18.3 Å². The molecule has 0 bridgehead atoms. The van der Waals surface area contributed by atoms with E-state index in [9.17, 15) is 18.0 Å². The number of hydrogen-bond acceptors (Lipinski definition) is 2. The highest BCUT2D eigenvalue weighted by Gasteiger charge is 2.38. The minimum Gasteiger partial charge on any atom is -0.331 e. The first-order valence-electron chi connectivity index (χ1n) is 9.38. The Labute approximate surface area is 168 Å². The Hall–Kier alpha value is -2.83. The third kappa shape index (κ3) is 4.13. The zero-order valence-corrected chi connectivity index (χ0v) is 16.8. The van der Waals surface area contributed by atoms with Gasteiger partial charge in [0.15, 0.2) is 0 Å². The van der Waals surface area contributed by atoms with Gasteiger partial charge in [0.25, 0.3) is 12.3 Å². The van der Waals surface area contributed by atoms with Gasteiger partial charge in [0, 0.05) is 19.6 Å². The van der Waals surface area contributed by atoms with Crippen LogP contribution < -0.4 is 0 Å². The van der Waals surface area contributed by atoms with E-state index < -0.39 is 29.5 Å². The van der Waals surface area contributed by atoms with E-state index in [0.29, 0.717) is 4.68 Å². The average Bonchev–Trinajstić information content (AvgIpc) is 3.44. The van der Waals surface area contributed by atoms with Crippen molar-refractivity contribution in [3.63, 3.8) is 0 Å². The van der Waals surface area contributed by atoms with Gasteiger partial charge in [0.05, 0.1) is 0 Å². The second-order valence-electron chi connectivity index (χ2n) is 7.57. The lowest BCUT2D eigenvalue weighted by Crippen LogP contribution is -2.34. The zero-order valence-electron chi connectivity index (χ0n) is 16.8. The molecule has 29 heavy (non-hydrogen) atoms. The van der Waals surface area contributed by atoms with Crippen LogP contribution in [-0.2, 0) is 13.6 Å². The normalized spacial score (nSPS) is 13.6. The summed E-state index contributed by atoms with van der Waals surface area (Å²) in [4.78, 5) is 14.6. The molecule has 1 aromatic carbocycles. The van der Waals surface area contributed by atoms with Crippen molar-refractivity contribution in [3.8, 4) is 0 Å². The number of nitrogens with zero attached hydrogens (tertiary/aromatic N) is 3. The van der Waals surface area contributed by atoms with Gasteiger partial charge in [-0.2, -0.15) is 9.49 Å². The third-order valence-electron chi connectivity index (χ3n) is 5.07. The number of halogens is 3. The predicted molar refractivity (Wildman–Crippen MR) is 107 cm³/mol. The van der Waals surface area contributed by atoms with Gasteiger partial charge >= 0.3 is 0 Å². The van der Waals surface area contributed by atoms with Crippen molar-refractivity contribution < 1.29 is 18.0 Å².